The van der Waals surface area contributed by atoms with E-state index in [1.165, 1.54) is 15.6 Å². The Bertz CT molecular complexity index is 1560. The van der Waals surface area contributed by atoms with Gasteiger partial charge in [-0.15, -0.1) is 22.4 Å². The van der Waals surface area contributed by atoms with Crippen LogP contribution < -0.4 is 9.47 Å². The standard InChI is InChI=1S/C31H30N4O3S/c1-4-5-24(16-25-17-33-35-34-25)23-7-9-26(10-8-23)38-19-22-6-11-30-27(15-22)29(20-39-30)28-18-32-31(14-21(28)2)37-13-12-36-3/h6-11,14-15,18,20,24H,12-13,16-17,19H2,1-3H3/t24-/m0/s1. The molecule has 8 heteroatoms. The third kappa shape index (κ3) is 6.51. The minimum atomic E-state index is 0.0645. The highest BCUT2D eigenvalue weighted by Gasteiger charge is 2.15. The average molecular weight is 539 g/mol. The first-order chi connectivity index (χ1) is 19.1. The number of nitrogens with zero attached hydrogens (tertiary/aromatic N) is 4. The van der Waals surface area contributed by atoms with Gasteiger partial charge >= 0.3 is 0 Å². The van der Waals surface area contributed by atoms with Gasteiger partial charge in [-0.3, -0.25) is 0 Å². The number of benzene rings is 2. The molecule has 2 aromatic carbocycles. The maximum absolute atomic E-state index is 6.15. The van der Waals surface area contributed by atoms with E-state index in [9.17, 15) is 0 Å². The molecule has 2 aromatic heterocycles. The van der Waals surface area contributed by atoms with E-state index in [4.69, 9.17) is 14.2 Å². The van der Waals surface area contributed by atoms with Gasteiger partial charge in [-0.1, -0.05) is 24.1 Å². The highest BCUT2D eigenvalue weighted by Crippen LogP contribution is 2.36. The zero-order chi connectivity index (χ0) is 27.0. The van der Waals surface area contributed by atoms with Gasteiger partial charge in [-0.2, -0.15) is 5.11 Å². The first kappa shape index (κ1) is 26.5. The number of thiophene rings is 1. The number of pyridine rings is 1. The lowest BCUT2D eigenvalue weighted by molar-refractivity contribution is 0.143. The minimum Gasteiger partial charge on any atom is -0.489 e. The van der Waals surface area contributed by atoms with Crippen LogP contribution in [-0.2, 0) is 11.3 Å². The van der Waals surface area contributed by atoms with Crippen molar-refractivity contribution in [1.82, 2.24) is 4.98 Å². The predicted octanol–water partition coefficient (Wildman–Crippen LogP) is 7.19. The molecular formula is C31H30N4O3S. The monoisotopic (exact) mass is 538 g/mol. The summed E-state index contributed by atoms with van der Waals surface area (Å²) in [5.41, 5.74) is 6.60. The third-order valence-corrected chi connectivity index (χ3v) is 7.46. The summed E-state index contributed by atoms with van der Waals surface area (Å²) in [5, 5.41) is 15.2. The molecule has 0 N–H and O–H groups in total. The number of aryl methyl sites for hydroxylation is 1. The summed E-state index contributed by atoms with van der Waals surface area (Å²) in [6, 6.07) is 16.6. The molecule has 4 aromatic rings. The predicted molar refractivity (Wildman–Crippen MR) is 156 cm³/mol. The molecule has 7 nitrogen and oxygen atoms in total. The molecule has 1 atom stereocenters. The zero-order valence-corrected chi connectivity index (χ0v) is 23.1. The van der Waals surface area contributed by atoms with E-state index in [1.54, 1.807) is 18.4 Å². The third-order valence-electron chi connectivity index (χ3n) is 6.50. The molecule has 0 unspecified atom stereocenters. The van der Waals surface area contributed by atoms with Gasteiger partial charge in [0.05, 0.1) is 18.2 Å². The second-order valence-electron chi connectivity index (χ2n) is 9.22. The average Bonchev–Trinajstić information content (AvgIpc) is 3.62. The van der Waals surface area contributed by atoms with Crippen molar-refractivity contribution in [2.24, 2.45) is 15.4 Å². The lowest BCUT2D eigenvalue weighted by atomic mass is 9.94. The van der Waals surface area contributed by atoms with Crippen molar-refractivity contribution in [1.29, 1.82) is 0 Å². The van der Waals surface area contributed by atoms with Gasteiger partial charge in [0, 0.05) is 47.0 Å². The SMILES string of the molecule is CC#C[C@@H](CC1=NN=NC1)c1ccc(OCc2ccc3scc(-c4cnc(OCCOC)cc4C)c3c2)cc1. The summed E-state index contributed by atoms with van der Waals surface area (Å²) in [5.74, 6) is 7.81. The zero-order valence-electron chi connectivity index (χ0n) is 22.3. The van der Waals surface area contributed by atoms with Gasteiger partial charge in [0.1, 0.15) is 25.5 Å². The second kappa shape index (κ2) is 12.7. The van der Waals surface area contributed by atoms with Gasteiger partial charge in [0.15, 0.2) is 0 Å². The van der Waals surface area contributed by atoms with Crippen molar-refractivity contribution >= 4 is 27.1 Å². The molecule has 0 radical (unpaired) electrons. The van der Waals surface area contributed by atoms with Crippen LogP contribution in [0.25, 0.3) is 21.2 Å². The van der Waals surface area contributed by atoms with Crippen LogP contribution in [0.15, 0.2) is 75.5 Å². The van der Waals surface area contributed by atoms with Crippen molar-refractivity contribution in [3.8, 4) is 34.6 Å². The van der Waals surface area contributed by atoms with Crippen molar-refractivity contribution in [2.45, 2.75) is 32.8 Å². The summed E-state index contributed by atoms with van der Waals surface area (Å²) in [4.78, 5) is 4.51. The van der Waals surface area contributed by atoms with Crippen LogP contribution in [0, 0.1) is 18.8 Å². The molecule has 39 heavy (non-hydrogen) atoms. The maximum atomic E-state index is 6.15. The molecular weight excluding hydrogens is 508 g/mol. The number of aromatic nitrogens is 1. The van der Waals surface area contributed by atoms with E-state index in [0.29, 0.717) is 32.2 Å². The van der Waals surface area contributed by atoms with Gasteiger partial charge in [0.25, 0.3) is 0 Å². The van der Waals surface area contributed by atoms with Crippen molar-refractivity contribution in [2.75, 3.05) is 26.9 Å². The molecule has 0 aliphatic carbocycles. The van der Waals surface area contributed by atoms with Crippen molar-refractivity contribution in [3.05, 3.63) is 76.8 Å². The molecule has 5 rings (SSSR count). The normalized spacial score (nSPS) is 13.2. The van der Waals surface area contributed by atoms with Crippen LogP contribution in [-0.4, -0.2) is 37.6 Å². The van der Waals surface area contributed by atoms with E-state index in [0.717, 1.165) is 40.1 Å². The van der Waals surface area contributed by atoms with Crippen LogP contribution in [0.1, 0.15) is 36.0 Å². The second-order valence-corrected chi connectivity index (χ2v) is 10.1. The lowest BCUT2D eigenvalue weighted by Crippen LogP contribution is -2.07. The lowest BCUT2D eigenvalue weighted by Gasteiger charge is -2.12. The fraction of sp³-hybridized carbons (Fsp3) is 0.290. The van der Waals surface area contributed by atoms with E-state index in [2.05, 4.69) is 74.9 Å². The molecule has 0 saturated carbocycles. The number of rotatable bonds is 11. The van der Waals surface area contributed by atoms with Crippen LogP contribution in [0.5, 0.6) is 11.6 Å². The molecule has 0 spiro atoms. The molecule has 1 aliphatic rings. The van der Waals surface area contributed by atoms with E-state index in [1.807, 2.05) is 31.3 Å². The highest BCUT2D eigenvalue weighted by molar-refractivity contribution is 7.17. The number of methoxy groups -OCH3 is 1. The first-order valence-electron chi connectivity index (χ1n) is 12.8. The Balaban J connectivity index is 1.27. The van der Waals surface area contributed by atoms with Gasteiger partial charge in [-0.25, -0.2) is 4.98 Å². The number of fused-ring (bicyclic) bond motifs is 1. The number of hydrogen-bond donors (Lipinski definition) is 0. The van der Waals surface area contributed by atoms with Crippen LogP contribution in [0.4, 0.5) is 0 Å². The van der Waals surface area contributed by atoms with Crippen molar-refractivity contribution in [3.63, 3.8) is 0 Å². The maximum Gasteiger partial charge on any atom is 0.213 e. The summed E-state index contributed by atoms with van der Waals surface area (Å²) >= 11 is 1.73. The molecule has 198 valence electrons. The molecule has 0 amide bonds. The summed E-state index contributed by atoms with van der Waals surface area (Å²) in [6.45, 7) is 5.99. The van der Waals surface area contributed by atoms with Crippen LogP contribution in [0.2, 0.25) is 0 Å². The van der Waals surface area contributed by atoms with E-state index < -0.39 is 0 Å². The quantitative estimate of drug-likeness (QED) is 0.149. The Morgan fingerprint density at radius 3 is 2.64 bits per heavy atom. The van der Waals surface area contributed by atoms with Crippen LogP contribution >= 0.6 is 11.3 Å². The Kier molecular flexibility index (Phi) is 8.61. The number of ether oxygens (including phenoxy) is 3. The molecule has 0 fully saturated rings. The number of hydrogen-bond acceptors (Lipinski definition) is 8. The molecule has 3 heterocycles. The molecule has 0 bridgehead atoms. The summed E-state index contributed by atoms with van der Waals surface area (Å²) in [7, 11) is 1.66. The Labute approximate surface area is 232 Å². The molecule has 0 saturated heterocycles. The Morgan fingerprint density at radius 1 is 1.03 bits per heavy atom. The fourth-order valence-corrected chi connectivity index (χ4v) is 5.41. The smallest absolute Gasteiger partial charge is 0.213 e. The van der Waals surface area contributed by atoms with Gasteiger partial charge in [0.2, 0.25) is 5.88 Å². The van der Waals surface area contributed by atoms with Gasteiger partial charge < -0.3 is 14.2 Å². The fourth-order valence-electron chi connectivity index (χ4n) is 4.47. The first-order valence-corrected chi connectivity index (χ1v) is 13.7. The minimum absolute atomic E-state index is 0.0645. The van der Waals surface area contributed by atoms with E-state index >= 15 is 0 Å². The topological polar surface area (TPSA) is 77.7 Å². The van der Waals surface area contributed by atoms with Crippen LogP contribution in [0.3, 0.4) is 0 Å². The summed E-state index contributed by atoms with van der Waals surface area (Å²) < 4.78 is 18.1. The van der Waals surface area contributed by atoms with E-state index in [-0.39, 0.29) is 5.92 Å². The largest absolute Gasteiger partial charge is 0.489 e. The highest BCUT2D eigenvalue weighted by atomic mass is 32.1. The van der Waals surface area contributed by atoms with Gasteiger partial charge in [-0.05, 0) is 65.4 Å². The Hall–Kier alpha value is -4.06. The Morgan fingerprint density at radius 2 is 1.90 bits per heavy atom. The molecule has 1 aliphatic heterocycles. The van der Waals surface area contributed by atoms with Crippen molar-refractivity contribution < 1.29 is 14.2 Å². The summed E-state index contributed by atoms with van der Waals surface area (Å²) in [6.07, 6.45) is 2.62.